The molecular formula is C28H21F5N2O4. The molecule has 0 spiro atoms. The minimum Gasteiger partial charge on any atom is -0.494 e. The third-order valence-electron chi connectivity index (χ3n) is 6.17. The van der Waals surface area contributed by atoms with Gasteiger partial charge in [-0.3, -0.25) is 18.7 Å². The number of nitrogens with zero attached hydrogens (tertiary/aromatic N) is 2. The Morgan fingerprint density at radius 1 is 0.949 bits per heavy atom. The largest absolute Gasteiger partial charge is 0.494 e. The Kier molecular flexibility index (Phi) is 6.45. The maximum atomic E-state index is 15.6. The van der Waals surface area contributed by atoms with Gasteiger partial charge in [0.05, 0.1) is 35.4 Å². The number of benzene rings is 3. The van der Waals surface area contributed by atoms with Crippen LogP contribution >= 0.6 is 0 Å². The molecule has 1 heterocycles. The Morgan fingerprint density at radius 3 is 2.31 bits per heavy atom. The zero-order valence-corrected chi connectivity index (χ0v) is 20.2. The third kappa shape index (κ3) is 5.25. The van der Waals surface area contributed by atoms with E-state index >= 15 is 4.39 Å². The van der Waals surface area contributed by atoms with Gasteiger partial charge in [0.25, 0.3) is 5.56 Å². The smallest absolute Gasteiger partial charge is 0.416 e. The molecule has 0 saturated heterocycles. The van der Waals surface area contributed by atoms with Crippen LogP contribution in [0.3, 0.4) is 0 Å². The van der Waals surface area contributed by atoms with Crippen molar-refractivity contribution in [2.24, 2.45) is 0 Å². The van der Waals surface area contributed by atoms with Gasteiger partial charge >= 0.3 is 11.9 Å². The van der Waals surface area contributed by atoms with Crippen LogP contribution in [-0.4, -0.2) is 22.0 Å². The summed E-state index contributed by atoms with van der Waals surface area (Å²) in [6, 6.07) is 12.9. The lowest BCUT2D eigenvalue weighted by Crippen LogP contribution is -2.44. The summed E-state index contributed by atoms with van der Waals surface area (Å²) in [6.45, 7) is -0.788. The molecule has 0 radical (unpaired) electrons. The fourth-order valence-electron chi connectivity index (χ4n) is 4.22. The average Bonchev–Trinajstić information content (AvgIpc) is 2.91. The van der Waals surface area contributed by atoms with Crippen molar-refractivity contribution in [3.8, 4) is 16.9 Å². The Bertz CT molecular complexity index is 1780. The summed E-state index contributed by atoms with van der Waals surface area (Å²) in [6.07, 6.45) is -5.01. The lowest BCUT2D eigenvalue weighted by molar-refractivity contribution is -0.138. The van der Waals surface area contributed by atoms with Gasteiger partial charge in [0.2, 0.25) is 0 Å². The first kappa shape index (κ1) is 23.6. The van der Waals surface area contributed by atoms with Crippen molar-refractivity contribution in [2.75, 3.05) is 7.04 Å². The van der Waals surface area contributed by atoms with Crippen LogP contribution in [0, 0.1) is 18.6 Å². The van der Waals surface area contributed by atoms with Crippen molar-refractivity contribution in [1.82, 2.24) is 9.13 Å². The quantitative estimate of drug-likeness (QED) is 0.235. The Labute approximate surface area is 222 Å². The number of carbonyl (C=O) groups is 1. The van der Waals surface area contributed by atoms with Gasteiger partial charge in [-0.05, 0) is 25.1 Å². The topological polar surface area (TPSA) is 70.3 Å². The number of halogens is 5. The second kappa shape index (κ2) is 10.7. The van der Waals surface area contributed by atoms with E-state index in [0.717, 1.165) is 37.3 Å². The molecule has 0 atom stereocenters. The van der Waals surface area contributed by atoms with Crippen LogP contribution in [0.1, 0.15) is 31.3 Å². The van der Waals surface area contributed by atoms with Crippen LogP contribution in [0.15, 0.2) is 76.3 Å². The van der Waals surface area contributed by atoms with Crippen LogP contribution in [0.25, 0.3) is 11.1 Å². The zero-order valence-electron chi connectivity index (χ0n) is 23.2. The fourth-order valence-corrected chi connectivity index (χ4v) is 4.22. The molecule has 0 bridgehead atoms. The van der Waals surface area contributed by atoms with Gasteiger partial charge in [0.1, 0.15) is 5.82 Å². The lowest BCUT2D eigenvalue weighted by Gasteiger charge is -2.20. The highest BCUT2D eigenvalue weighted by Gasteiger charge is 2.35. The van der Waals surface area contributed by atoms with Crippen LogP contribution in [-0.2, 0) is 19.3 Å². The maximum Gasteiger partial charge on any atom is 0.416 e. The highest BCUT2D eigenvalue weighted by molar-refractivity contribution is 5.95. The summed E-state index contributed by atoms with van der Waals surface area (Å²) in [5, 5.41) is 0. The van der Waals surface area contributed by atoms with E-state index in [1.807, 2.05) is 0 Å². The molecule has 0 unspecified atom stereocenters. The van der Waals surface area contributed by atoms with Gasteiger partial charge < -0.3 is 4.74 Å². The first-order chi connectivity index (χ1) is 19.6. The molecule has 0 saturated carbocycles. The van der Waals surface area contributed by atoms with Crippen molar-refractivity contribution >= 4 is 5.78 Å². The fraction of sp³-hybridized carbons (Fsp3) is 0.179. The number of hydrogen-bond acceptors (Lipinski definition) is 4. The molecule has 6 nitrogen and oxygen atoms in total. The summed E-state index contributed by atoms with van der Waals surface area (Å²) in [4.78, 5) is 40.2. The molecule has 3 aromatic carbocycles. The second-order valence-electron chi connectivity index (χ2n) is 8.49. The van der Waals surface area contributed by atoms with Crippen molar-refractivity contribution in [3.05, 3.63) is 122 Å². The first-order valence-corrected chi connectivity index (χ1v) is 11.3. The molecular weight excluding hydrogens is 523 g/mol. The van der Waals surface area contributed by atoms with Gasteiger partial charge in [-0.1, -0.05) is 48.5 Å². The third-order valence-corrected chi connectivity index (χ3v) is 6.17. The number of ether oxygens (including phenoxy) is 1. The summed E-state index contributed by atoms with van der Waals surface area (Å²) in [5.41, 5.74) is -6.15. The normalized spacial score (nSPS) is 12.9. The number of Topliss-reactive ketones (excluding diaryl/α,β-unsaturated/α-hetero) is 1. The van der Waals surface area contributed by atoms with E-state index in [0.29, 0.717) is 15.2 Å². The molecule has 0 N–H and O–H groups in total. The molecule has 0 aliphatic rings. The van der Waals surface area contributed by atoms with E-state index in [1.54, 1.807) is 6.07 Å². The van der Waals surface area contributed by atoms with Gasteiger partial charge in [0, 0.05) is 22.4 Å². The summed E-state index contributed by atoms with van der Waals surface area (Å²) in [7, 11) is -3.07. The maximum absolute atomic E-state index is 15.6. The van der Waals surface area contributed by atoms with Crippen molar-refractivity contribution < 1.29 is 35.6 Å². The summed E-state index contributed by atoms with van der Waals surface area (Å²) in [5.74, 6) is -4.11. The molecule has 11 heteroatoms. The number of aromatic nitrogens is 2. The Morgan fingerprint density at radius 2 is 1.64 bits per heavy atom. The first-order valence-electron chi connectivity index (χ1n) is 12.8. The molecule has 39 heavy (non-hydrogen) atoms. The van der Waals surface area contributed by atoms with Crippen molar-refractivity contribution in [3.63, 3.8) is 0 Å². The predicted molar refractivity (Wildman–Crippen MR) is 133 cm³/mol. The van der Waals surface area contributed by atoms with Crippen molar-refractivity contribution in [2.45, 2.75) is 26.2 Å². The second-order valence-corrected chi connectivity index (χ2v) is 8.49. The molecule has 0 fully saturated rings. The van der Waals surface area contributed by atoms with Gasteiger partial charge in [-0.2, -0.15) is 13.2 Å². The van der Waals surface area contributed by atoms with E-state index in [-0.39, 0.29) is 11.3 Å². The number of ketones is 1. The van der Waals surface area contributed by atoms with Gasteiger partial charge in [-0.25, -0.2) is 13.6 Å². The van der Waals surface area contributed by atoms with Crippen LogP contribution in [0.5, 0.6) is 5.75 Å². The van der Waals surface area contributed by atoms with Crippen LogP contribution < -0.4 is 16.0 Å². The average molecular weight is 547 g/mol. The van der Waals surface area contributed by atoms with Gasteiger partial charge in [-0.15, -0.1) is 0 Å². The Balaban J connectivity index is 2.01. The lowest BCUT2D eigenvalue weighted by atomic mass is 10.0. The molecule has 4 rings (SSSR count). The van der Waals surface area contributed by atoms with Crippen LogP contribution in [0.2, 0.25) is 0 Å². The van der Waals surface area contributed by atoms with E-state index in [1.165, 1.54) is 24.3 Å². The number of alkyl halides is 3. The van der Waals surface area contributed by atoms with Gasteiger partial charge in [0.15, 0.2) is 17.3 Å². The monoisotopic (exact) mass is 547 g/mol. The minimum absolute atomic E-state index is 0.102. The summed E-state index contributed by atoms with van der Waals surface area (Å²) < 4.78 is 99.1. The number of rotatable bonds is 7. The van der Waals surface area contributed by atoms with Crippen molar-refractivity contribution in [1.29, 1.82) is 0 Å². The highest BCUT2D eigenvalue weighted by atomic mass is 19.4. The highest BCUT2D eigenvalue weighted by Crippen LogP contribution is 2.34. The molecule has 0 amide bonds. The van der Waals surface area contributed by atoms with E-state index in [9.17, 15) is 31.9 Å². The minimum atomic E-state index is -5.01. The molecule has 0 aliphatic heterocycles. The summed E-state index contributed by atoms with van der Waals surface area (Å²) >= 11 is 0. The van der Waals surface area contributed by atoms with E-state index in [2.05, 4.69) is 4.74 Å². The number of carbonyl (C=O) groups excluding carboxylic acids is 1. The Hall–Kier alpha value is -4.54. The standard InChI is InChI=1S/C28H21F5N2O4/c1-16-24(18-10-6-13-23(39-2)25(18)30)26(37)35(15-22(36)17-8-4-3-5-9-17)27(38)34(16)14-19-20(28(31,32)33)11-7-12-21(19)29/h3-13H,14-15H2,1-2H3/i2D3. The zero-order chi connectivity index (χ0) is 31.0. The molecule has 0 aliphatic carbocycles. The van der Waals surface area contributed by atoms with E-state index in [4.69, 9.17) is 4.11 Å². The number of methoxy groups -OCH3 is 1. The number of hydrogen-bond donors (Lipinski definition) is 0. The predicted octanol–water partition coefficient (Wildman–Crippen LogP) is 5.22. The molecule has 4 aromatic rings. The molecule has 202 valence electrons. The molecule has 1 aromatic heterocycles. The van der Waals surface area contributed by atoms with E-state index < -0.39 is 83.0 Å². The SMILES string of the molecule is [2H]C([2H])([2H])Oc1cccc(-c2c(C)n(Cc3c(F)cccc3C(F)(F)F)c(=O)n(CC(=O)c3ccccc3)c2=O)c1F. The van der Waals surface area contributed by atoms with Crippen LogP contribution in [0.4, 0.5) is 22.0 Å².